The second-order valence-corrected chi connectivity index (χ2v) is 4.26. The standard InChI is InChI=1S/C16H15FO2/c1-19-16-11-13(8-9-14(16)17)15(18)10-7-12-5-3-2-4-6-12/h2-6,8-9,11H,7,10H2,1H3. The summed E-state index contributed by atoms with van der Waals surface area (Å²) in [6, 6.07) is 14.0. The second-order valence-electron chi connectivity index (χ2n) is 4.26. The fourth-order valence-corrected chi connectivity index (χ4v) is 1.88. The third kappa shape index (κ3) is 3.41. The lowest BCUT2D eigenvalue weighted by molar-refractivity contribution is 0.0982. The van der Waals surface area contributed by atoms with Gasteiger partial charge >= 0.3 is 0 Å². The fraction of sp³-hybridized carbons (Fsp3) is 0.188. The Morgan fingerprint density at radius 1 is 1.16 bits per heavy atom. The quantitative estimate of drug-likeness (QED) is 0.765. The summed E-state index contributed by atoms with van der Waals surface area (Å²) in [6.07, 6.45) is 1.08. The van der Waals surface area contributed by atoms with Gasteiger partial charge in [0.05, 0.1) is 7.11 Å². The van der Waals surface area contributed by atoms with Crippen molar-refractivity contribution in [2.24, 2.45) is 0 Å². The van der Waals surface area contributed by atoms with E-state index < -0.39 is 5.82 Å². The number of rotatable bonds is 5. The van der Waals surface area contributed by atoms with Crippen LogP contribution in [-0.2, 0) is 6.42 Å². The Hall–Kier alpha value is -2.16. The fourth-order valence-electron chi connectivity index (χ4n) is 1.88. The van der Waals surface area contributed by atoms with Gasteiger partial charge in [-0.15, -0.1) is 0 Å². The lowest BCUT2D eigenvalue weighted by atomic mass is 10.0. The Kier molecular flexibility index (Phi) is 4.29. The van der Waals surface area contributed by atoms with Gasteiger partial charge in [0.25, 0.3) is 0 Å². The van der Waals surface area contributed by atoms with Gasteiger partial charge in [0.1, 0.15) is 0 Å². The number of ether oxygens (including phenoxy) is 1. The van der Waals surface area contributed by atoms with Crippen LogP contribution in [0.15, 0.2) is 48.5 Å². The monoisotopic (exact) mass is 258 g/mol. The molecule has 0 aliphatic carbocycles. The predicted molar refractivity (Wildman–Crippen MR) is 72.0 cm³/mol. The van der Waals surface area contributed by atoms with E-state index in [9.17, 15) is 9.18 Å². The number of methoxy groups -OCH3 is 1. The molecule has 2 rings (SSSR count). The Bertz CT molecular complexity index is 564. The smallest absolute Gasteiger partial charge is 0.165 e. The molecule has 0 aliphatic rings. The van der Waals surface area contributed by atoms with Gasteiger partial charge in [-0.2, -0.15) is 0 Å². The first kappa shape index (κ1) is 13.3. The van der Waals surface area contributed by atoms with Crippen molar-refractivity contribution in [3.05, 3.63) is 65.5 Å². The zero-order valence-corrected chi connectivity index (χ0v) is 10.7. The van der Waals surface area contributed by atoms with Crippen LogP contribution >= 0.6 is 0 Å². The molecule has 2 aromatic rings. The molecule has 0 amide bonds. The maximum absolute atomic E-state index is 13.2. The van der Waals surface area contributed by atoms with E-state index in [1.807, 2.05) is 30.3 Å². The number of aryl methyl sites for hydroxylation is 1. The first-order chi connectivity index (χ1) is 9.20. The average Bonchev–Trinajstić information content (AvgIpc) is 2.46. The number of halogens is 1. The maximum atomic E-state index is 13.2. The van der Waals surface area contributed by atoms with Crippen LogP contribution in [0, 0.1) is 5.82 Å². The number of ketones is 1. The number of carbonyl (C=O) groups excluding carboxylic acids is 1. The number of hydrogen-bond donors (Lipinski definition) is 0. The number of carbonyl (C=O) groups is 1. The van der Waals surface area contributed by atoms with Crippen LogP contribution in [0.25, 0.3) is 0 Å². The predicted octanol–water partition coefficient (Wildman–Crippen LogP) is 3.65. The van der Waals surface area contributed by atoms with E-state index in [-0.39, 0.29) is 11.5 Å². The Morgan fingerprint density at radius 3 is 2.58 bits per heavy atom. The molecule has 3 heteroatoms. The molecule has 0 spiro atoms. The lowest BCUT2D eigenvalue weighted by Crippen LogP contribution is -2.02. The minimum Gasteiger partial charge on any atom is -0.494 e. The van der Waals surface area contributed by atoms with Gasteiger partial charge in [-0.1, -0.05) is 30.3 Å². The number of hydrogen-bond acceptors (Lipinski definition) is 2. The average molecular weight is 258 g/mol. The lowest BCUT2D eigenvalue weighted by Gasteiger charge is -2.05. The second kappa shape index (κ2) is 6.14. The SMILES string of the molecule is COc1cc(C(=O)CCc2ccccc2)ccc1F. The third-order valence-corrected chi connectivity index (χ3v) is 2.96. The normalized spacial score (nSPS) is 10.2. The molecule has 0 saturated heterocycles. The van der Waals surface area contributed by atoms with Gasteiger partial charge in [0.15, 0.2) is 17.3 Å². The third-order valence-electron chi connectivity index (χ3n) is 2.96. The van der Waals surface area contributed by atoms with Gasteiger partial charge in [-0.25, -0.2) is 4.39 Å². The molecule has 0 saturated carbocycles. The summed E-state index contributed by atoms with van der Waals surface area (Å²) in [6.45, 7) is 0. The van der Waals surface area contributed by atoms with Crippen molar-refractivity contribution >= 4 is 5.78 Å². The van der Waals surface area contributed by atoms with Crippen LogP contribution in [0.4, 0.5) is 4.39 Å². The van der Waals surface area contributed by atoms with E-state index in [2.05, 4.69) is 0 Å². The van der Waals surface area contributed by atoms with E-state index in [0.29, 0.717) is 18.4 Å². The van der Waals surface area contributed by atoms with Crippen LogP contribution in [-0.4, -0.2) is 12.9 Å². The minimum atomic E-state index is -0.456. The van der Waals surface area contributed by atoms with Gasteiger partial charge in [-0.05, 0) is 30.2 Å². The highest BCUT2D eigenvalue weighted by atomic mass is 19.1. The molecular weight excluding hydrogens is 243 g/mol. The molecule has 0 atom stereocenters. The molecule has 0 heterocycles. The Balaban J connectivity index is 2.04. The zero-order chi connectivity index (χ0) is 13.7. The van der Waals surface area contributed by atoms with E-state index >= 15 is 0 Å². The highest BCUT2D eigenvalue weighted by Crippen LogP contribution is 2.19. The van der Waals surface area contributed by atoms with Crippen LogP contribution in [0.2, 0.25) is 0 Å². The molecule has 0 fully saturated rings. The van der Waals surface area contributed by atoms with Crippen molar-refractivity contribution in [1.82, 2.24) is 0 Å². The highest BCUT2D eigenvalue weighted by molar-refractivity contribution is 5.96. The van der Waals surface area contributed by atoms with E-state index in [0.717, 1.165) is 5.56 Å². The van der Waals surface area contributed by atoms with Crippen molar-refractivity contribution in [3.63, 3.8) is 0 Å². The van der Waals surface area contributed by atoms with Gasteiger partial charge in [0.2, 0.25) is 0 Å². The van der Waals surface area contributed by atoms with Crippen molar-refractivity contribution < 1.29 is 13.9 Å². The largest absolute Gasteiger partial charge is 0.494 e. The molecule has 0 N–H and O–H groups in total. The first-order valence-corrected chi connectivity index (χ1v) is 6.11. The summed E-state index contributed by atoms with van der Waals surface area (Å²) in [5, 5.41) is 0. The summed E-state index contributed by atoms with van der Waals surface area (Å²) in [5.74, 6) is -0.366. The van der Waals surface area contributed by atoms with Crippen molar-refractivity contribution in [2.75, 3.05) is 7.11 Å². The number of benzene rings is 2. The van der Waals surface area contributed by atoms with Gasteiger partial charge in [-0.3, -0.25) is 4.79 Å². The van der Waals surface area contributed by atoms with E-state index in [1.165, 1.54) is 25.3 Å². The summed E-state index contributed by atoms with van der Waals surface area (Å²) in [7, 11) is 1.39. The van der Waals surface area contributed by atoms with E-state index in [4.69, 9.17) is 4.74 Å². The van der Waals surface area contributed by atoms with Crippen molar-refractivity contribution in [1.29, 1.82) is 0 Å². The van der Waals surface area contributed by atoms with Gasteiger partial charge < -0.3 is 4.74 Å². The Morgan fingerprint density at radius 2 is 1.89 bits per heavy atom. The topological polar surface area (TPSA) is 26.3 Å². The summed E-state index contributed by atoms with van der Waals surface area (Å²) in [4.78, 5) is 12.0. The van der Waals surface area contributed by atoms with Crippen molar-refractivity contribution in [3.8, 4) is 5.75 Å². The maximum Gasteiger partial charge on any atom is 0.165 e. The van der Waals surface area contributed by atoms with Crippen LogP contribution < -0.4 is 4.74 Å². The highest BCUT2D eigenvalue weighted by Gasteiger charge is 2.10. The minimum absolute atomic E-state index is 0.0119. The van der Waals surface area contributed by atoms with Crippen LogP contribution in [0.5, 0.6) is 5.75 Å². The molecule has 2 nitrogen and oxygen atoms in total. The molecule has 19 heavy (non-hydrogen) atoms. The summed E-state index contributed by atoms with van der Waals surface area (Å²) >= 11 is 0. The molecule has 98 valence electrons. The molecule has 0 aromatic heterocycles. The van der Waals surface area contributed by atoms with Crippen LogP contribution in [0.3, 0.4) is 0 Å². The summed E-state index contributed by atoms with van der Waals surface area (Å²) in [5.41, 5.74) is 1.60. The summed E-state index contributed by atoms with van der Waals surface area (Å²) < 4.78 is 18.1. The molecular formula is C16H15FO2. The van der Waals surface area contributed by atoms with Crippen LogP contribution in [0.1, 0.15) is 22.3 Å². The van der Waals surface area contributed by atoms with Crippen molar-refractivity contribution in [2.45, 2.75) is 12.8 Å². The molecule has 0 bridgehead atoms. The number of Topliss-reactive ketones (excluding diaryl/α,β-unsaturated/α-hetero) is 1. The Labute approximate surface area is 111 Å². The van der Waals surface area contributed by atoms with E-state index in [1.54, 1.807) is 0 Å². The molecule has 2 aromatic carbocycles. The zero-order valence-electron chi connectivity index (χ0n) is 10.7. The van der Waals surface area contributed by atoms with Gasteiger partial charge in [0, 0.05) is 12.0 Å². The molecule has 0 radical (unpaired) electrons. The molecule has 0 aliphatic heterocycles. The molecule has 0 unspecified atom stereocenters. The first-order valence-electron chi connectivity index (χ1n) is 6.11.